The first-order valence-electron chi connectivity index (χ1n) is 3.25. The molecular weight excluding hydrogens is 210 g/mol. The summed E-state index contributed by atoms with van der Waals surface area (Å²) in [5.74, 6) is 8.54. The van der Waals surface area contributed by atoms with Crippen LogP contribution in [0.25, 0.3) is 0 Å². The van der Waals surface area contributed by atoms with Gasteiger partial charge in [0, 0.05) is 10.1 Å². The Morgan fingerprint density at radius 3 is 2.07 bits per heavy atom. The fraction of sp³-hybridized carbons (Fsp3) is 0. The molecular formula is C3H8N9O3+. The number of amides is 2. The number of nitrogens with zero attached hydrogens (tertiary/aromatic N) is 4. The fourth-order valence-electron chi connectivity index (χ4n) is 0.295. The van der Waals surface area contributed by atoms with Gasteiger partial charge in [0.05, 0.1) is 5.11 Å². The van der Waals surface area contributed by atoms with Crippen LogP contribution < -0.4 is 22.5 Å². The summed E-state index contributed by atoms with van der Waals surface area (Å²) in [5, 5.41) is 21.6. The number of rotatable bonds is 0. The zero-order chi connectivity index (χ0) is 12.0. The molecule has 12 heteroatoms. The maximum atomic E-state index is 10.0. The number of guanidine groups is 2. The van der Waals surface area contributed by atoms with E-state index in [4.69, 9.17) is 22.8 Å². The van der Waals surface area contributed by atoms with E-state index in [1.807, 2.05) is 0 Å². The van der Waals surface area contributed by atoms with Gasteiger partial charge >= 0.3 is 18.0 Å². The summed E-state index contributed by atoms with van der Waals surface area (Å²) >= 11 is 0. The first-order valence-corrected chi connectivity index (χ1v) is 3.25. The summed E-state index contributed by atoms with van der Waals surface area (Å²) in [5.41, 5.74) is 4.73. The largest absolute Gasteiger partial charge is 0.496 e. The molecule has 1 aliphatic heterocycles. The zero-order valence-corrected chi connectivity index (χ0v) is 7.25. The average Bonchev–Trinajstić information content (AvgIpc) is 2.52. The number of carbonyl (C=O) groups excluding carboxylic acids is 1. The Kier molecular flexibility index (Phi) is 4.59. The minimum absolute atomic E-state index is 0.130. The highest BCUT2D eigenvalue weighted by atomic mass is 16.6. The van der Waals surface area contributed by atoms with Crippen molar-refractivity contribution in [1.82, 2.24) is 0 Å². The van der Waals surface area contributed by atoms with Crippen LogP contribution in [0.15, 0.2) is 15.2 Å². The molecule has 0 unspecified atom stereocenters. The van der Waals surface area contributed by atoms with Gasteiger partial charge in [-0.25, -0.2) is 10.2 Å². The third-order valence-electron chi connectivity index (χ3n) is 0.895. The van der Waals surface area contributed by atoms with Crippen molar-refractivity contribution in [1.29, 1.82) is 5.41 Å². The normalized spacial score (nSPS) is 13.3. The van der Waals surface area contributed by atoms with Gasteiger partial charge in [-0.1, -0.05) is 0 Å². The van der Waals surface area contributed by atoms with E-state index >= 15 is 0 Å². The predicted molar refractivity (Wildman–Crippen MR) is 45.9 cm³/mol. The minimum Gasteiger partial charge on any atom is -0.390 e. The smallest absolute Gasteiger partial charge is 0.390 e. The molecule has 0 bridgehead atoms. The van der Waals surface area contributed by atoms with Crippen LogP contribution in [0.5, 0.6) is 0 Å². The molecule has 0 aromatic heterocycles. The van der Waals surface area contributed by atoms with Crippen LogP contribution in [0.3, 0.4) is 0 Å². The Bertz CT molecular complexity index is 343. The molecule has 0 fully saturated rings. The maximum absolute atomic E-state index is 10.0. The lowest BCUT2D eigenvalue weighted by Gasteiger charge is -1.96. The molecule has 0 saturated carbocycles. The molecule has 0 radical (unpaired) electrons. The van der Waals surface area contributed by atoms with Crippen LogP contribution in [0.1, 0.15) is 0 Å². The predicted octanol–water partition coefficient (Wildman–Crippen LogP) is -3.28. The monoisotopic (exact) mass is 218 g/mol. The van der Waals surface area contributed by atoms with E-state index in [9.17, 15) is 14.9 Å². The molecule has 0 aliphatic carbocycles. The van der Waals surface area contributed by atoms with Gasteiger partial charge in [-0.3, -0.25) is 0 Å². The summed E-state index contributed by atoms with van der Waals surface area (Å²) in [6.45, 7) is 0. The highest BCUT2D eigenvalue weighted by Crippen LogP contribution is 1.97. The molecule has 1 aliphatic rings. The lowest BCUT2D eigenvalue weighted by atomic mass is 11.0. The quantitative estimate of drug-likeness (QED) is 0.0925. The van der Waals surface area contributed by atoms with Crippen molar-refractivity contribution in [3.8, 4) is 0 Å². The van der Waals surface area contributed by atoms with Gasteiger partial charge in [0.15, 0.2) is 0 Å². The lowest BCUT2D eigenvalue weighted by molar-refractivity contribution is -0.833. The molecule has 0 atom stereocenters. The molecule has 1 rings (SSSR count). The van der Waals surface area contributed by atoms with Crippen LogP contribution in [-0.2, 0) is 0 Å². The van der Waals surface area contributed by atoms with Crippen LogP contribution >= 0.6 is 0 Å². The van der Waals surface area contributed by atoms with E-state index in [2.05, 4.69) is 15.2 Å². The molecule has 0 spiro atoms. The Morgan fingerprint density at radius 2 is 1.93 bits per heavy atom. The van der Waals surface area contributed by atoms with Crippen molar-refractivity contribution < 1.29 is 14.8 Å². The van der Waals surface area contributed by atoms with Crippen molar-refractivity contribution in [2.24, 2.45) is 32.6 Å². The van der Waals surface area contributed by atoms with E-state index in [1.54, 1.807) is 0 Å². The van der Waals surface area contributed by atoms with Crippen LogP contribution in [-0.4, -0.2) is 22.9 Å². The summed E-state index contributed by atoms with van der Waals surface area (Å²) in [7, 11) is 0. The molecule has 0 saturated heterocycles. The topological polar surface area (TPSA) is 204 Å². The van der Waals surface area contributed by atoms with Crippen LogP contribution in [0.4, 0.5) is 4.79 Å². The number of nitrogens with two attached hydrogens (primary N) is 3. The highest BCUT2D eigenvalue weighted by Gasteiger charge is 2.23. The standard InChI is InChI=1S/C2N4O3.CH7N5/c7-2-3-1(4-5-2)6(8)9;2-1(3)6(4)5/h;4-5H2,(H3,2,3)/p+1. The third-order valence-corrected chi connectivity index (χ3v) is 0.895. The second-order valence-electron chi connectivity index (χ2n) is 2.02. The van der Waals surface area contributed by atoms with Gasteiger partial charge in [-0.2, -0.15) is 11.7 Å². The zero-order valence-electron chi connectivity index (χ0n) is 7.25. The maximum Gasteiger partial charge on any atom is 0.496 e. The van der Waals surface area contributed by atoms with Crippen molar-refractivity contribution in [2.45, 2.75) is 0 Å². The minimum atomic E-state index is -0.929. The second-order valence-corrected chi connectivity index (χ2v) is 2.02. The van der Waals surface area contributed by atoms with E-state index in [1.165, 1.54) is 0 Å². The Morgan fingerprint density at radius 1 is 1.47 bits per heavy atom. The molecule has 0 aromatic carbocycles. The molecule has 8 N–H and O–H groups in total. The van der Waals surface area contributed by atoms with Gasteiger partial charge in [-0.05, 0) is 4.92 Å². The molecule has 82 valence electrons. The number of hydrogen-bond donors (Lipinski definition) is 5. The van der Waals surface area contributed by atoms with E-state index in [-0.39, 0.29) is 11.1 Å². The van der Waals surface area contributed by atoms with E-state index in [0.29, 0.717) is 0 Å². The fourth-order valence-corrected chi connectivity index (χ4v) is 0.295. The van der Waals surface area contributed by atoms with Gasteiger partial charge in [0.2, 0.25) is 0 Å². The Labute approximate surface area is 82.0 Å². The SMILES string of the molecule is N=C(N)[NH+](N)N.O=C1N=NC([N+](=O)[O-])=N1. The second kappa shape index (κ2) is 5.43. The van der Waals surface area contributed by atoms with Crippen molar-refractivity contribution in [3.63, 3.8) is 0 Å². The number of hydrogen-bond acceptors (Lipinski definition) is 7. The van der Waals surface area contributed by atoms with Gasteiger partial charge in [0.25, 0.3) is 0 Å². The summed E-state index contributed by atoms with van der Waals surface area (Å²) < 4.78 is 0. The Balaban J connectivity index is 0.000000288. The number of quaternary nitrogens is 1. The van der Waals surface area contributed by atoms with Gasteiger partial charge in [0.1, 0.15) is 0 Å². The number of azo groups is 1. The Hall–Kier alpha value is -2.31. The average molecular weight is 218 g/mol. The van der Waals surface area contributed by atoms with Crippen molar-refractivity contribution in [2.75, 3.05) is 0 Å². The lowest BCUT2D eigenvalue weighted by Crippen LogP contribution is -3.26. The number of aliphatic imine (C=N–C) groups is 1. The highest BCUT2D eigenvalue weighted by molar-refractivity contribution is 5.93. The van der Waals surface area contributed by atoms with E-state index in [0.717, 1.165) is 0 Å². The van der Waals surface area contributed by atoms with E-state index < -0.39 is 16.9 Å². The summed E-state index contributed by atoms with van der Waals surface area (Å²) in [6.07, 6.45) is 0. The van der Waals surface area contributed by atoms with Gasteiger partial charge in [-0.15, -0.1) is 5.12 Å². The molecule has 12 nitrogen and oxygen atoms in total. The summed E-state index contributed by atoms with van der Waals surface area (Å²) in [6, 6.07) is -0.929. The van der Waals surface area contributed by atoms with Crippen molar-refractivity contribution in [3.05, 3.63) is 10.1 Å². The molecule has 15 heavy (non-hydrogen) atoms. The number of carbonyl (C=O) groups is 1. The molecule has 1 heterocycles. The van der Waals surface area contributed by atoms with Crippen LogP contribution in [0, 0.1) is 15.5 Å². The molecule has 0 aromatic rings. The van der Waals surface area contributed by atoms with Crippen molar-refractivity contribution >= 4 is 18.0 Å². The molecule has 2 amide bonds. The number of nitrogens with one attached hydrogen (secondary N) is 2. The third kappa shape index (κ3) is 5.09. The number of urea groups is 1. The summed E-state index contributed by atoms with van der Waals surface area (Å²) in [4.78, 5) is 21.7. The van der Waals surface area contributed by atoms with Crippen LogP contribution in [0.2, 0.25) is 0 Å². The first kappa shape index (κ1) is 12.7. The first-order chi connectivity index (χ1) is 6.84. The number of nitro groups is 1. The van der Waals surface area contributed by atoms with Gasteiger partial charge < -0.3 is 15.8 Å².